The van der Waals surface area contributed by atoms with Crippen LogP contribution in [0, 0.1) is 0 Å². The molecule has 2 aromatic rings. The van der Waals surface area contributed by atoms with Crippen LogP contribution in [0.25, 0.3) is 0 Å². The number of carbonyl (C=O) groups excluding carboxylic acids is 3. The van der Waals surface area contributed by atoms with E-state index >= 15 is 0 Å². The summed E-state index contributed by atoms with van der Waals surface area (Å²) in [5.74, 6) is -4.65. The average molecular weight is 418 g/mol. The summed E-state index contributed by atoms with van der Waals surface area (Å²) in [4.78, 5) is 48.6. The van der Waals surface area contributed by atoms with E-state index in [1.54, 1.807) is 30.3 Å². The van der Waals surface area contributed by atoms with Crippen LogP contribution >= 0.6 is 11.6 Å². The van der Waals surface area contributed by atoms with E-state index in [0.717, 1.165) is 6.07 Å². The molecule has 1 amide bonds. The van der Waals surface area contributed by atoms with E-state index in [1.807, 2.05) is 0 Å². The van der Waals surface area contributed by atoms with Gasteiger partial charge in [0.2, 0.25) is 5.78 Å². The summed E-state index contributed by atoms with van der Waals surface area (Å²) in [7, 11) is 0. The number of carboxylic acids is 1. The minimum absolute atomic E-state index is 0.000605. The summed E-state index contributed by atoms with van der Waals surface area (Å²) in [6.45, 7) is 1.36. The van der Waals surface area contributed by atoms with Gasteiger partial charge >= 0.3 is 11.9 Å². The Morgan fingerprint density at radius 2 is 1.86 bits per heavy atom. The number of esters is 1. The first kappa shape index (κ1) is 20.3. The first-order valence-corrected chi connectivity index (χ1v) is 8.96. The summed E-state index contributed by atoms with van der Waals surface area (Å²) >= 11 is 6.08. The highest BCUT2D eigenvalue weighted by Crippen LogP contribution is 2.36. The Morgan fingerprint density at radius 3 is 2.48 bits per heavy atom. The Bertz CT molecular complexity index is 1020. The fourth-order valence-corrected chi connectivity index (χ4v) is 3.31. The van der Waals surface area contributed by atoms with Gasteiger partial charge in [-0.3, -0.25) is 9.59 Å². The third-order valence-corrected chi connectivity index (χ3v) is 4.78. The third-order valence-electron chi connectivity index (χ3n) is 4.49. The van der Waals surface area contributed by atoms with Crippen molar-refractivity contribution < 1.29 is 34.1 Å². The van der Waals surface area contributed by atoms with Crippen LogP contribution in [0.3, 0.4) is 0 Å². The average Bonchev–Trinajstić information content (AvgIpc) is 2.67. The van der Waals surface area contributed by atoms with E-state index in [4.69, 9.17) is 16.3 Å². The molecule has 8 nitrogen and oxygen atoms in total. The lowest BCUT2D eigenvalue weighted by Crippen LogP contribution is -2.42. The molecule has 0 saturated heterocycles. The second kappa shape index (κ2) is 7.92. The monoisotopic (exact) mass is 417 g/mol. The van der Waals surface area contributed by atoms with Crippen LogP contribution in [0.4, 0.5) is 0 Å². The minimum atomic E-state index is -1.30. The van der Waals surface area contributed by atoms with Crippen molar-refractivity contribution in [2.45, 2.75) is 25.5 Å². The molecule has 9 heteroatoms. The zero-order valence-electron chi connectivity index (χ0n) is 15.1. The van der Waals surface area contributed by atoms with Gasteiger partial charge in [-0.2, -0.15) is 0 Å². The number of aromatic hydroxyl groups is 1. The molecule has 2 atom stereocenters. The van der Waals surface area contributed by atoms with Crippen LogP contribution in [-0.4, -0.2) is 46.0 Å². The number of halogens is 1. The molecular weight excluding hydrogens is 402 g/mol. The normalized spacial score (nSPS) is 16.6. The number of amides is 1. The summed E-state index contributed by atoms with van der Waals surface area (Å²) < 4.78 is 4.86. The maximum Gasteiger partial charge on any atom is 0.343 e. The number of phenols is 1. The van der Waals surface area contributed by atoms with E-state index in [9.17, 15) is 29.4 Å². The number of phenolic OH excluding ortho intramolecular Hbond substituents is 1. The van der Waals surface area contributed by atoms with Crippen molar-refractivity contribution in [1.29, 1.82) is 0 Å². The number of hydrogen-bond acceptors (Lipinski definition) is 6. The first-order valence-electron chi connectivity index (χ1n) is 8.59. The van der Waals surface area contributed by atoms with E-state index in [2.05, 4.69) is 5.32 Å². The molecule has 3 rings (SSSR count). The highest BCUT2D eigenvalue weighted by Gasteiger charge is 2.38. The summed E-state index contributed by atoms with van der Waals surface area (Å²) in [6, 6.07) is 8.37. The minimum Gasteiger partial charge on any atom is -0.506 e. The molecule has 0 saturated carbocycles. The highest BCUT2D eigenvalue weighted by atomic mass is 35.5. The van der Waals surface area contributed by atoms with Gasteiger partial charge in [-0.1, -0.05) is 41.9 Å². The molecule has 0 unspecified atom stereocenters. The predicted octanol–water partition coefficient (Wildman–Crippen LogP) is 2.21. The van der Waals surface area contributed by atoms with Crippen LogP contribution in [0.2, 0.25) is 5.02 Å². The van der Waals surface area contributed by atoms with Crippen molar-refractivity contribution in [1.82, 2.24) is 5.32 Å². The van der Waals surface area contributed by atoms with Crippen molar-refractivity contribution in [3.05, 3.63) is 63.7 Å². The number of carbonyl (C=O) groups is 4. The zero-order chi connectivity index (χ0) is 21.3. The van der Waals surface area contributed by atoms with Crippen LogP contribution < -0.4 is 5.32 Å². The number of Topliss-reactive ketones (excluding diaryl/α,β-unsaturated/α-hetero) is 1. The molecule has 0 spiro atoms. The van der Waals surface area contributed by atoms with E-state index in [-0.39, 0.29) is 17.0 Å². The number of rotatable bonds is 5. The van der Waals surface area contributed by atoms with E-state index < -0.39 is 52.7 Å². The van der Waals surface area contributed by atoms with Gasteiger partial charge in [0.05, 0.1) is 16.1 Å². The lowest BCUT2D eigenvalue weighted by atomic mass is 9.94. The Hall–Kier alpha value is -3.39. The van der Waals surface area contributed by atoms with Crippen LogP contribution in [0.15, 0.2) is 36.4 Å². The van der Waals surface area contributed by atoms with Crippen LogP contribution in [0.1, 0.15) is 43.6 Å². The molecule has 1 heterocycles. The molecule has 150 valence electrons. The molecule has 1 aliphatic rings. The van der Waals surface area contributed by atoms with Crippen LogP contribution in [-0.2, 0) is 16.0 Å². The number of cyclic esters (lactones) is 1. The maximum atomic E-state index is 12.6. The Labute approximate surface area is 170 Å². The van der Waals surface area contributed by atoms with Gasteiger partial charge in [0.25, 0.3) is 5.91 Å². The second-order valence-electron chi connectivity index (χ2n) is 6.47. The van der Waals surface area contributed by atoms with Gasteiger partial charge < -0.3 is 20.3 Å². The van der Waals surface area contributed by atoms with E-state index in [0.29, 0.717) is 5.56 Å². The number of hydrogen-bond donors (Lipinski definition) is 3. The highest BCUT2D eigenvalue weighted by molar-refractivity contribution is 6.36. The molecule has 0 aliphatic carbocycles. The zero-order valence-corrected chi connectivity index (χ0v) is 15.9. The SMILES string of the molecule is C[C@H]1OC(=O)c2c(O)c(C(=O)N[C@@H](Cc3ccccc3)C(=O)O)cc(Cl)c2C1=O. The lowest BCUT2D eigenvalue weighted by Gasteiger charge is -2.23. The summed E-state index contributed by atoms with van der Waals surface area (Å²) in [5.41, 5.74) is -0.507. The molecule has 2 aromatic carbocycles. The van der Waals surface area contributed by atoms with Gasteiger partial charge in [0.1, 0.15) is 17.4 Å². The van der Waals surface area contributed by atoms with E-state index in [1.165, 1.54) is 6.92 Å². The standard InChI is InChI=1S/C20H16ClNO7/c1-9-16(23)14-12(21)8-11(17(24)15(14)20(28)29-9)18(25)22-13(19(26)27)7-10-5-3-2-4-6-10/h2-6,8-9,13,24H,7H2,1H3,(H,22,25)(H,26,27)/t9-,13+/m1/s1. The number of ketones is 1. The molecule has 0 aromatic heterocycles. The molecule has 0 bridgehead atoms. The number of nitrogens with one attached hydrogen (secondary N) is 1. The fourth-order valence-electron chi connectivity index (χ4n) is 3.01. The fraction of sp³-hybridized carbons (Fsp3) is 0.200. The smallest absolute Gasteiger partial charge is 0.343 e. The summed E-state index contributed by atoms with van der Waals surface area (Å²) in [6.07, 6.45) is -1.08. The molecule has 3 N–H and O–H groups in total. The van der Waals surface area contributed by atoms with Crippen molar-refractivity contribution in [2.24, 2.45) is 0 Å². The number of aliphatic carboxylic acids is 1. The molecular formula is C20H16ClNO7. The predicted molar refractivity (Wildman–Crippen MR) is 101 cm³/mol. The van der Waals surface area contributed by atoms with Crippen molar-refractivity contribution in [3.63, 3.8) is 0 Å². The number of carboxylic acid groups (broad SMARTS) is 1. The first-order chi connectivity index (χ1) is 13.7. The van der Waals surface area contributed by atoms with Gasteiger partial charge in [0, 0.05) is 6.42 Å². The number of benzene rings is 2. The molecule has 1 aliphatic heterocycles. The third kappa shape index (κ3) is 3.93. The van der Waals surface area contributed by atoms with Crippen molar-refractivity contribution in [2.75, 3.05) is 0 Å². The van der Waals surface area contributed by atoms with Crippen LogP contribution in [0.5, 0.6) is 5.75 Å². The lowest BCUT2D eigenvalue weighted by molar-refractivity contribution is -0.139. The number of ether oxygens (including phenoxy) is 1. The Kier molecular flexibility index (Phi) is 5.56. The summed E-state index contributed by atoms with van der Waals surface area (Å²) in [5, 5.41) is 21.9. The quantitative estimate of drug-likeness (QED) is 0.636. The van der Waals surface area contributed by atoms with Gasteiger partial charge in [-0.05, 0) is 18.6 Å². The van der Waals surface area contributed by atoms with Gasteiger partial charge in [-0.25, -0.2) is 9.59 Å². The van der Waals surface area contributed by atoms with Crippen molar-refractivity contribution in [3.8, 4) is 5.75 Å². The van der Waals surface area contributed by atoms with Gasteiger partial charge in [-0.15, -0.1) is 0 Å². The topological polar surface area (TPSA) is 130 Å². The number of fused-ring (bicyclic) bond motifs is 1. The molecule has 0 radical (unpaired) electrons. The Balaban J connectivity index is 1.94. The second-order valence-corrected chi connectivity index (χ2v) is 6.88. The largest absolute Gasteiger partial charge is 0.506 e. The van der Waals surface area contributed by atoms with Crippen molar-refractivity contribution >= 4 is 35.2 Å². The molecule has 29 heavy (non-hydrogen) atoms. The maximum absolute atomic E-state index is 12.6. The Morgan fingerprint density at radius 1 is 1.21 bits per heavy atom. The van der Waals surface area contributed by atoms with Gasteiger partial charge in [0.15, 0.2) is 6.10 Å². The molecule has 0 fully saturated rings.